The molecule has 0 saturated carbocycles. The van der Waals surface area contributed by atoms with Gasteiger partial charge in [0.05, 0.1) is 19.4 Å². The minimum Gasteiger partial charge on any atom is -0.309 e. The van der Waals surface area contributed by atoms with Gasteiger partial charge in [0.25, 0.3) is 0 Å². The summed E-state index contributed by atoms with van der Waals surface area (Å²) >= 11 is 0. The van der Waals surface area contributed by atoms with Crippen molar-refractivity contribution in [1.82, 2.24) is 0 Å². The molecule has 0 N–H and O–H groups in total. The molecule has 15 heavy (non-hydrogen) atoms. The third-order valence-electron chi connectivity index (χ3n) is 2.62. The lowest BCUT2D eigenvalue weighted by Crippen LogP contribution is -2.05. The van der Waals surface area contributed by atoms with Crippen molar-refractivity contribution in [3.05, 3.63) is 0 Å². The van der Waals surface area contributed by atoms with E-state index in [1.54, 1.807) is 0 Å². The maximum Gasteiger partial charge on any atom is 0.330 e. The van der Waals surface area contributed by atoms with Crippen molar-refractivity contribution in [3.8, 4) is 0 Å². The summed E-state index contributed by atoms with van der Waals surface area (Å²) in [6.45, 7) is 8.95. The molecule has 0 bridgehead atoms. The van der Waals surface area contributed by atoms with Gasteiger partial charge in [-0.1, -0.05) is 26.7 Å². The quantitative estimate of drug-likeness (QED) is 0.566. The molecule has 0 atom stereocenters. The second-order valence-corrected chi connectivity index (χ2v) is 5.83. The summed E-state index contributed by atoms with van der Waals surface area (Å²) in [4.78, 5) is 0. The van der Waals surface area contributed by atoms with Crippen LogP contribution in [0.1, 0.15) is 47.0 Å². The van der Waals surface area contributed by atoms with Crippen molar-refractivity contribution >= 4 is 7.60 Å². The maximum absolute atomic E-state index is 12.1. The number of hydrogen-bond acceptors (Lipinski definition) is 3. The second-order valence-electron chi connectivity index (χ2n) is 3.64. The zero-order valence-corrected chi connectivity index (χ0v) is 11.4. The van der Waals surface area contributed by atoms with Gasteiger partial charge < -0.3 is 9.05 Å². The van der Waals surface area contributed by atoms with Gasteiger partial charge in [0.15, 0.2) is 0 Å². The van der Waals surface area contributed by atoms with Crippen LogP contribution in [0.4, 0.5) is 0 Å². The van der Waals surface area contributed by atoms with Crippen molar-refractivity contribution in [1.29, 1.82) is 0 Å². The standard InChI is InChI=1S/C11H25O3P/c1-5-11(6-2)9-10-15(12,13-7-3)14-8-4/h11H,5-10H2,1-4H3. The lowest BCUT2D eigenvalue weighted by atomic mass is 10.0. The van der Waals surface area contributed by atoms with Crippen molar-refractivity contribution < 1.29 is 13.6 Å². The highest BCUT2D eigenvalue weighted by atomic mass is 31.2. The van der Waals surface area contributed by atoms with Gasteiger partial charge in [-0.15, -0.1) is 0 Å². The van der Waals surface area contributed by atoms with Crippen molar-refractivity contribution in [2.45, 2.75) is 47.0 Å². The molecule has 0 aliphatic carbocycles. The van der Waals surface area contributed by atoms with Crippen LogP contribution in [-0.4, -0.2) is 19.4 Å². The summed E-state index contributed by atoms with van der Waals surface area (Å²) in [6.07, 6.45) is 3.76. The highest BCUT2D eigenvalue weighted by Gasteiger charge is 2.24. The predicted octanol–water partition coefficient (Wildman–Crippen LogP) is 4.08. The van der Waals surface area contributed by atoms with E-state index in [1.165, 1.54) is 0 Å². The third-order valence-corrected chi connectivity index (χ3v) is 4.73. The number of hydrogen-bond donors (Lipinski definition) is 0. The molecule has 0 aliphatic rings. The smallest absolute Gasteiger partial charge is 0.309 e. The predicted molar refractivity (Wildman–Crippen MR) is 64.4 cm³/mol. The number of rotatable bonds is 9. The van der Waals surface area contributed by atoms with Crippen LogP contribution >= 0.6 is 7.60 Å². The van der Waals surface area contributed by atoms with E-state index in [1.807, 2.05) is 13.8 Å². The zero-order valence-electron chi connectivity index (χ0n) is 10.5. The fourth-order valence-electron chi connectivity index (χ4n) is 1.60. The first-order valence-electron chi connectivity index (χ1n) is 5.99. The van der Waals surface area contributed by atoms with Crippen LogP contribution in [0.15, 0.2) is 0 Å². The van der Waals surface area contributed by atoms with Gasteiger partial charge in [0.1, 0.15) is 0 Å². The Bertz CT molecular complexity index is 180. The molecule has 0 radical (unpaired) electrons. The van der Waals surface area contributed by atoms with E-state index in [2.05, 4.69) is 13.8 Å². The fraction of sp³-hybridized carbons (Fsp3) is 1.00. The van der Waals surface area contributed by atoms with Gasteiger partial charge in [-0.3, -0.25) is 4.57 Å². The molecule has 0 saturated heterocycles. The van der Waals surface area contributed by atoms with Crippen LogP contribution in [0.25, 0.3) is 0 Å². The first-order valence-corrected chi connectivity index (χ1v) is 7.72. The van der Waals surface area contributed by atoms with E-state index in [-0.39, 0.29) is 0 Å². The zero-order chi connectivity index (χ0) is 11.7. The Morgan fingerprint density at radius 1 is 1.00 bits per heavy atom. The van der Waals surface area contributed by atoms with Crippen molar-refractivity contribution in [2.24, 2.45) is 5.92 Å². The summed E-state index contributed by atoms with van der Waals surface area (Å²) in [6, 6.07) is 0. The topological polar surface area (TPSA) is 35.5 Å². The van der Waals surface area contributed by atoms with Gasteiger partial charge in [0.2, 0.25) is 0 Å². The van der Waals surface area contributed by atoms with Crippen molar-refractivity contribution in [3.63, 3.8) is 0 Å². The van der Waals surface area contributed by atoms with Crippen LogP contribution in [0.2, 0.25) is 0 Å². The molecular formula is C11H25O3P. The molecule has 3 nitrogen and oxygen atoms in total. The van der Waals surface area contributed by atoms with Gasteiger partial charge >= 0.3 is 7.60 Å². The molecule has 0 unspecified atom stereocenters. The van der Waals surface area contributed by atoms with Gasteiger partial charge in [-0.05, 0) is 26.2 Å². The van der Waals surface area contributed by atoms with E-state index in [0.29, 0.717) is 25.3 Å². The minimum atomic E-state index is -2.80. The molecule has 0 aliphatic heterocycles. The Balaban J connectivity index is 4.10. The Morgan fingerprint density at radius 3 is 1.80 bits per heavy atom. The lowest BCUT2D eigenvalue weighted by molar-refractivity contribution is 0.218. The fourth-order valence-corrected chi connectivity index (χ4v) is 3.40. The molecule has 0 aromatic heterocycles. The molecule has 92 valence electrons. The Kier molecular flexibility index (Phi) is 8.40. The molecular weight excluding hydrogens is 211 g/mol. The largest absolute Gasteiger partial charge is 0.330 e. The minimum absolute atomic E-state index is 0.459. The average molecular weight is 236 g/mol. The summed E-state index contributed by atoms with van der Waals surface area (Å²) in [7, 11) is -2.80. The van der Waals surface area contributed by atoms with Gasteiger partial charge in [-0.2, -0.15) is 0 Å². The van der Waals surface area contributed by atoms with Crippen LogP contribution in [0.5, 0.6) is 0 Å². The van der Waals surface area contributed by atoms with Crippen molar-refractivity contribution in [2.75, 3.05) is 19.4 Å². The molecule has 0 aromatic carbocycles. The summed E-state index contributed by atoms with van der Waals surface area (Å²) < 4.78 is 22.6. The van der Waals surface area contributed by atoms with E-state index in [9.17, 15) is 4.57 Å². The highest BCUT2D eigenvalue weighted by Crippen LogP contribution is 2.49. The van der Waals surface area contributed by atoms with E-state index in [0.717, 1.165) is 19.3 Å². The first-order chi connectivity index (χ1) is 7.11. The molecule has 0 spiro atoms. The molecule has 0 amide bonds. The monoisotopic (exact) mass is 236 g/mol. The first kappa shape index (κ1) is 15.2. The third kappa shape index (κ3) is 6.34. The lowest BCUT2D eigenvalue weighted by Gasteiger charge is -2.19. The summed E-state index contributed by atoms with van der Waals surface area (Å²) in [5.41, 5.74) is 0. The Hall–Kier alpha value is 0.150. The van der Waals surface area contributed by atoms with E-state index in [4.69, 9.17) is 9.05 Å². The van der Waals surface area contributed by atoms with E-state index >= 15 is 0 Å². The van der Waals surface area contributed by atoms with Crippen LogP contribution < -0.4 is 0 Å². The normalized spacial score (nSPS) is 12.3. The maximum atomic E-state index is 12.1. The summed E-state index contributed by atoms with van der Waals surface area (Å²) in [5.74, 6) is 0.638. The van der Waals surface area contributed by atoms with E-state index < -0.39 is 7.60 Å². The molecule has 0 aromatic rings. The average Bonchev–Trinajstić information content (AvgIpc) is 2.20. The Labute approximate surface area is 94.1 Å². The molecule has 0 rings (SSSR count). The second kappa shape index (κ2) is 8.32. The highest BCUT2D eigenvalue weighted by molar-refractivity contribution is 7.53. The molecule has 0 fully saturated rings. The SMILES string of the molecule is CCOP(=O)(CCC(CC)CC)OCC. The van der Waals surface area contributed by atoms with Gasteiger partial charge in [-0.25, -0.2) is 0 Å². The van der Waals surface area contributed by atoms with Gasteiger partial charge in [0, 0.05) is 0 Å². The molecule has 0 heterocycles. The van der Waals surface area contributed by atoms with Crippen LogP contribution in [0, 0.1) is 5.92 Å². The summed E-state index contributed by atoms with van der Waals surface area (Å²) in [5, 5.41) is 0. The Morgan fingerprint density at radius 2 is 1.47 bits per heavy atom. The molecule has 4 heteroatoms. The van der Waals surface area contributed by atoms with Crippen LogP contribution in [0.3, 0.4) is 0 Å². The van der Waals surface area contributed by atoms with Crippen LogP contribution in [-0.2, 0) is 13.6 Å².